The van der Waals surface area contributed by atoms with Crippen LogP contribution in [-0.2, 0) is 32.7 Å². The Morgan fingerprint density at radius 1 is 0.509 bits per heavy atom. The standard InChI is InChI=1S/C39H75O13P/c1-3-5-7-9-11-13-14-15-16-17-18-19-20-22-24-26-28-33(41)51-31(29-49-32(40)27-25-23-21-12-10-8-6-4-2)30-50-53(47,48)52-39-37(45)35(43)34(42)36(44)38(39)46/h31,34-39,42-46H,3-30H2,1-2H3,(H,47,48). The molecule has 0 aliphatic heterocycles. The molecule has 6 atom stereocenters. The van der Waals surface area contributed by atoms with Crippen molar-refractivity contribution in [3.63, 3.8) is 0 Å². The SMILES string of the molecule is CCCCCCCCCCCCCCCCCCC(=O)OC(COC(=O)CCCCCCCCCC)COP(=O)(O)OC1C(O)C(O)C(O)C(O)C1O. The molecule has 1 aliphatic carbocycles. The van der Waals surface area contributed by atoms with Crippen molar-refractivity contribution < 1.29 is 63.1 Å². The normalized spacial score (nSPS) is 23.4. The molecule has 0 aromatic rings. The molecule has 1 rings (SSSR count). The van der Waals surface area contributed by atoms with Crippen molar-refractivity contribution in [2.75, 3.05) is 13.2 Å². The molecule has 0 radical (unpaired) electrons. The zero-order valence-corrected chi connectivity index (χ0v) is 33.7. The molecule has 0 heterocycles. The van der Waals surface area contributed by atoms with E-state index in [1.54, 1.807) is 0 Å². The largest absolute Gasteiger partial charge is 0.472 e. The number of aliphatic hydroxyl groups is 5. The van der Waals surface area contributed by atoms with Crippen LogP contribution in [0.25, 0.3) is 0 Å². The van der Waals surface area contributed by atoms with Crippen LogP contribution >= 0.6 is 7.82 Å². The van der Waals surface area contributed by atoms with Gasteiger partial charge in [-0.15, -0.1) is 0 Å². The van der Waals surface area contributed by atoms with Crippen LogP contribution in [0, 0.1) is 0 Å². The second-order valence-corrected chi connectivity index (χ2v) is 16.3. The van der Waals surface area contributed by atoms with Crippen molar-refractivity contribution in [3.05, 3.63) is 0 Å². The van der Waals surface area contributed by atoms with Crippen molar-refractivity contribution in [1.82, 2.24) is 0 Å². The third-order valence-corrected chi connectivity index (χ3v) is 10.9. The third-order valence-electron chi connectivity index (χ3n) is 9.95. The molecule has 1 saturated carbocycles. The summed E-state index contributed by atoms with van der Waals surface area (Å²) in [4.78, 5) is 35.4. The van der Waals surface area contributed by atoms with Gasteiger partial charge in [0.1, 0.15) is 43.2 Å². The Kier molecular flexibility index (Phi) is 29.2. The number of phosphoric ester groups is 1. The van der Waals surface area contributed by atoms with Gasteiger partial charge < -0.3 is 39.9 Å². The summed E-state index contributed by atoms with van der Waals surface area (Å²) in [6, 6.07) is 0. The number of aliphatic hydroxyl groups excluding tert-OH is 5. The highest BCUT2D eigenvalue weighted by Gasteiger charge is 2.51. The Balaban J connectivity index is 2.47. The zero-order chi connectivity index (χ0) is 39.3. The summed E-state index contributed by atoms with van der Waals surface area (Å²) in [6.07, 6.45) is 14.8. The molecule has 6 unspecified atom stereocenters. The summed E-state index contributed by atoms with van der Waals surface area (Å²) in [5.74, 6) is -1.09. The second kappa shape index (κ2) is 31.0. The predicted octanol–water partition coefficient (Wildman–Crippen LogP) is 6.94. The lowest BCUT2D eigenvalue weighted by molar-refractivity contribution is -0.220. The highest BCUT2D eigenvalue weighted by Crippen LogP contribution is 2.47. The number of esters is 2. The number of unbranched alkanes of at least 4 members (excludes halogenated alkanes) is 22. The van der Waals surface area contributed by atoms with E-state index < -0.39 is 75.7 Å². The van der Waals surface area contributed by atoms with E-state index in [2.05, 4.69) is 13.8 Å². The molecule has 53 heavy (non-hydrogen) atoms. The van der Waals surface area contributed by atoms with Crippen LogP contribution in [0.4, 0.5) is 0 Å². The van der Waals surface area contributed by atoms with Gasteiger partial charge in [-0.05, 0) is 12.8 Å². The topological polar surface area (TPSA) is 210 Å². The molecule has 1 fully saturated rings. The molecule has 0 spiro atoms. The number of phosphoric acid groups is 1. The average Bonchev–Trinajstić information content (AvgIpc) is 3.13. The fourth-order valence-electron chi connectivity index (χ4n) is 6.52. The number of hydrogen-bond donors (Lipinski definition) is 6. The minimum Gasteiger partial charge on any atom is -0.462 e. The van der Waals surface area contributed by atoms with Crippen LogP contribution in [-0.4, -0.2) is 98.3 Å². The molecule has 314 valence electrons. The lowest BCUT2D eigenvalue weighted by Crippen LogP contribution is -2.64. The molecule has 0 bridgehead atoms. The van der Waals surface area contributed by atoms with Crippen LogP contribution in [0.1, 0.15) is 181 Å². The number of ether oxygens (including phenoxy) is 2. The maximum Gasteiger partial charge on any atom is 0.472 e. The minimum absolute atomic E-state index is 0.104. The molecule has 0 aromatic carbocycles. The highest BCUT2D eigenvalue weighted by atomic mass is 31.2. The van der Waals surface area contributed by atoms with E-state index >= 15 is 0 Å². The summed E-state index contributed by atoms with van der Waals surface area (Å²) < 4.78 is 33.3. The molecular formula is C39H75O13P. The van der Waals surface area contributed by atoms with Gasteiger partial charge in [0, 0.05) is 12.8 Å². The smallest absolute Gasteiger partial charge is 0.462 e. The van der Waals surface area contributed by atoms with E-state index in [0.717, 1.165) is 38.5 Å². The van der Waals surface area contributed by atoms with Crippen LogP contribution in [0.15, 0.2) is 0 Å². The minimum atomic E-state index is -5.10. The average molecular weight is 783 g/mol. The van der Waals surface area contributed by atoms with Crippen LogP contribution in [0.2, 0.25) is 0 Å². The molecule has 0 amide bonds. The van der Waals surface area contributed by atoms with Gasteiger partial charge in [-0.3, -0.25) is 18.6 Å². The number of carbonyl (C=O) groups excluding carboxylic acids is 2. The van der Waals surface area contributed by atoms with Gasteiger partial charge in [0.2, 0.25) is 0 Å². The quantitative estimate of drug-likeness (QED) is 0.0222. The van der Waals surface area contributed by atoms with Crippen molar-refractivity contribution >= 4 is 19.8 Å². The van der Waals surface area contributed by atoms with Gasteiger partial charge >= 0.3 is 19.8 Å². The van der Waals surface area contributed by atoms with Crippen molar-refractivity contribution in [3.8, 4) is 0 Å². The van der Waals surface area contributed by atoms with Crippen LogP contribution in [0.5, 0.6) is 0 Å². The molecule has 0 saturated heterocycles. The lowest BCUT2D eigenvalue weighted by Gasteiger charge is -2.41. The number of hydrogen-bond acceptors (Lipinski definition) is 12. The Bertz CT molecular complexity index is 954. The number of carbonyl (C=O) groups is 2. The third kappa shape index (κ3) is 24.2. The van der Waals surface area contributed by atoms with E-state index in [4.69, 9.17) is 18.5 Å². The second-order valence-electron chi connectivity index (χ2n) is 14.9. The summed E-state index contributed by atoms with van der Waals surface area (Å²) in [6.45, 7) is 3.25. The van der Waals surface area contributed by atoms with Gasteiger partial charge in [-0.2, -0.15) is 0 Å². The number of rotatable bonds is 34. The summed E-state index contributed by atoms with van der Waals surface area (Å²) >= 11 is 0. The maximum absolute atomic E-state index is 12.7. The van der Waals surface area contributed by atoms with E-state index in [9.17, 15) is 44.6 Å². The first-order chi connectivity index (χ1) is 25.4. The Hall–Kier alpha value is -1.15. The Morgan fingerprint density at radius 3 is 1.25 bits per heavy atom. The van der Waals surface area contributed by atoms with Crippen molar-refractivity contribution in [2.24, 2.45) is 0 Å². The van der Waals surface area contributed by atoms with Crippen LogP contribution in [0.3, 0.4) is 0 Å². The fraction of sp³-hybridized carbons (Fsp3) is 0.949. The predicted molar refractivity (Wildman–Crippen MR) is 203 cm³/mol. The lowest BCUT2D eigenvalue weighted by atomic mass is 9.85. The maximum atomic E-state index is 12.7. The van der Waals surface area contributed by atoms with Gasteiger partial charge in [0.25, 0.3) is 0 Å². The Morgan fingerprint density at radius 2 is 0.849 bits per heavy atom. The first kappa shape index (κ1) is 49.9. The van der Waals surface area contributed by atoms with E-state index in [1.165, 1.54) is 103 Å². The van der Waals surface area contributed by atoms with Gasteiger partial charge in [-0.25, -0.2) is 4.57 Å². The first-order valence-corrected chi connectivity index (χ1v) is 22.3. The van der Waals surface area contributed by atoms with Gasteiger partial charge in [-0.1, -0.05) is 155 Å². The molecule has 13 nitrogen and oxygen atoms in total. The highest BCUT2D eigenvalue weighted by molar-refractivity contribution is 7.47. The van der Waals surface area contributed by atoms with E-state index in [-0.39, 0.29) is 12.8 Å². The molecule has 6 N–H and O–H groups in total. The van der Waals surface area contributed by atoms with E-state index in [1.807, 2.05) is 0 Å². The van der Waals surface area contributed by atoms with E-state index in [0.29, 0.717) is 12.8 Å². The summed E-state index contributed by atoms with van der Waals surface area (Å²) in [7, 11) is -5.10. The summed E-state index contributed by atoms with van der Waals surface area (Å²) in [5, 5.41) is 49.9. The summed E-state index contributed by atoms with van der Waals surface area (Å²) in [5.41, 5.74) is 0. The molecule has 14 heteroatoms. The van der Waals surface area contributed by atoms with Gasteiger partial charge in [0.05, 0.1) is 6.61 Å². The monoisotopic (exact) mass is 782 g/mol. The molecular weight excluding hydrogens is 707 g/mol. The molecule has 1 aliphatic rings. The Labute approximate surface area is 319 Å². The fourth-order valence-corrected chi connectivity index (χ4v) is 7.50. The first-order valence-electron chi connectivity index (χ1n) is 20.8. The van der Waals surface area contributed by atoms with Crippen LogP contribution < -0.4 is 0 Å². The zero-order valence-electron chi connectivity index (χ0n) is 32.8. The van der Waals surface area contributed by atoms with Crippen molar-refractivity contribution in [1.29, 1.82) is 0 Å². The molecule has 0 aromatic heterocycles. The van der Waals surface area contributed by atoms with Crippen molar-refractivity contribution in [2.45, 2.75) is 224 Å². The van der Waals surface area contributed by atoms with Gasteiger partial charge in [0.15, 0.2) is 6.10 Å².